The third-order valence-corrected chi connectivity index (χ3v) is 6.04. The van der Waals surface area contributed by atoms with Gasteiger partial charge in [0, 0.05) is 20.2 Å². The molecule has 33 heavy (non-hydrogen) atoms. The number of thioether (sulfide) groups is 1. The van der Waals surface area contributed by atoms with Crippen molar-refractivity contribution < 1.29 is 14.3 Å². The van der Waals surface area contributed by atoms with Crippen LogP contribution in [0.15, 0.2) is 59.8 Å². The van der Waals surface area contributed by atoms with Gasteiger partial charge in [-0.25, -0.2) is 4.68 Å². The van der Waals surface area contributed by atoms with Gasteiger partial charge < -0.3 is 20.2 Å². The highest BCUT2D eigenvalue weighted by atomic mass is 32.2. The average Bonchev–Trinajstić information content (AvgIpc) is 3.18. The summed E-state index contributed by atoms with van der Waals surface area (Å²) in [5.41, 5.74) is 2.31. The maximum absolute atomic E-state index is 12.9. The zero-order valence-corrected chi connectivity index (χ0v) is 20.1. The van der Waals surface area contributed by atoms with E-state index >= 15 is 0 Å². The quantitative estimate of drug-likeness (QED) is 0.321. The molecule has 9 heteroatoms. The molecule has 0 atom stereocenters. The molecule has 3 rings (SSSR count). The summed E-state index contributed by atoms with van der Waals surface area (Å²) in [4.78, 5) is 14.6. The molecule has 0 radical (unpaired) electrons. The van der Waals surface area contributed by atoms with E-state index in [2.05, 4.69) is 24.0 Å². The Bertz CT molecular complexity index is 1010. The number of rotatable bonds is 12. The van der Waals surface area contributed by atoms with E-state index in [4.69, 9.17) is 15.3 Å². The number of methoxy groups -OCH3 is 1. The normalized spacial score (nSPS) is 11.0. The molecule has 0 aliphatic carbocycles. The summed E-state index contributed by atoms with van der Waals surface area (Å²) in [5.74, 6) is 8.01. The van der Waals surface area contributed by atoms with Gasteiger partial charge in [0.15, 0.2) is 5.82 Å². The van der Waals surface area contributed by atoms with Crippen LogP contribution in [0.25, 0.3) is 0 Å². The topological polar surface area (TPSA) is 95.5 Å². The lowest BCUT2D eigenvalue weighted by Crippen LogP contribution is -2.34. The molecule has 0 saturated heterocycles. The van der Waals surface area contributed by atoms with E-state index in [1.54, 1.807) is 12.0 Å². The van der Waals surface area contributed by atoms with Crippen molar-refractivity contribution in [1.82, 2.24) is 19.8 Å². The van der Waals surface area contributed by atoms with Gasteiger partial charge in [-0.05, 0) is 29.2 Å². The van der Waals surface area contributed by atoms with Gasteiger partial charge in [0.05, 0.1) is 12.4 Å². The summed E-state index contributed by atoms with van der Waals surface area (Å²) in [6.07, 6.45) is 0. The molecule has 0 aliphatic heterocycles. The Kier molecular flexibility index (Phi) is 9.14. The lowest BCUT2D eigenvalue weighted by Gasteiger charge is -2.22. The number of ether oxygens (including phenoxy) is 2. The molecule has 0 spiro atoms. The third-order valence-electron chi connectivity index (χ3n) is 5.11. The molecule has 1 heterocycles. The largest absolute Gasteiger partial charge is 0.486 e. The first-order valence-corrected chi connectivity index (χ1v) is 11.8. The van der Waals surface area contributed by atoms with Crippen LogP contribution in [0.2, 0.25) is 0 Å². The molecule has 0 unspecified atom stereocenters. The van der Waals surface area contributed by atoms with Gasteiger partial charge in [0.25, 0.3) is 0 Å². The van der Waals surface area contributed by atoms with Gasteiger partial charge >= 0.3 is 0 Å². The summed E-state index contributed by atoms with van der Waals surface area (Å²) < 4.78 is 12.3. The minimum Gasteiger partial charge on any atom is -0.486 e. The predicted molar refractivity (Wildman–Crippen MR) is 129 cm³/mol. The van der Waals surface area contributed by atoms with Crippen LogP contribution in [0.1, 0.15) is 36.7 Å². The Balaban J connectivity index is 1.55. The van der Waals surface area contributed by atoms with Crippen LogP contribution in [0.4, 0.5) is 0 Å². The fraction of sp³-hybridized carbons (Fsp3) is 0.375. The summed E-state index contributed by atoms with van der Waals surface area (Å²) in [7, 11) is 1.62. The van der Waals surface area contributed by atoms with Gasteiger partial charge in [0.2, 0.25) is 11.1 Å². The maximum Gasteiger partial charge on any atom is 0.233 e. The number of benzene rings is 2. The molecule has 2 aromatic carbocycles. The molecule has 2 N–H and O–H groups in total. The Morgan fingerprint density at radius 1 is 1.12 bits per heavy atom. The van der Waals surface area contributed by atoms with Gasteiger partial charge in [-0.2, -0.15) is 0 Å². The van der Waals surface area contributed by atoms with E-state index in [9.17, 15) is 4.79 Å². The first kappa shape index (κ1) is 24.6. The Hall–Kier alpha value is -3.04. The fourth-order valence-corrected chi connectivity index (χ4v) is 3.89. The van der Waals surface area contributed by atoms with E-state index in [0.29, 0.717) is 36.6 Å². The minimum absolute atomic E-state index is 0.0213. The molecule has 0 aliphatic rings. The highest BCUT2D eigenvalue weighted by Crippen LogP contribution is 2.20. The van der Waals surface area contributed by atoms with Crippen molar-refractivity contribution >= 4 is 17.7 Å². The number of amides is 1. The van der Waals surface area contributed by atoms with Gasteiger partial charge in [-0.1, -0.05) is 68.1 Å². The average molecular weight is 470 g/mol. The maximum atomic E-state index is 12.9. The standard InChI is InChI=1S/C24H31N5O3S/c1-18(2)20-9-11-21(12-10-20)32-16-22-26-27-24(29(22)25)33-17-23(30)28(13-14-31-3)15-19-7-5-4-6-8-19/h4-12,18H,13-17,25H2,1-3H3. The summed E-state index contributed by atoms with van der Waals surface area (Å²) in [6.45, 7) is 5.98. The van der Waals surface area contributed by atoms with Crippen molar-refractivity contribution in [2.24, 2.45) is 0 Å². The molecule has 3 aromatic rings. The number of nitrogen functional groups attached to an aromatic ring is 1. The van der Waals surface area contributed by atoms with Crippen LogP contribution in [0.5, 0.6) is 5.75 Å². The monoisotopic (exact) mass is 469 g/mol. The van der Waals surface area contributed by atoms with E-state index in [0.717, 1.165) is 11.3 Å². The zero-order valence-electron chi connectivity index (χ0n) is 19.3. The number of hydrogen-bond donors (Lipinski definition) is 1. The van der Waals surface area contributed by atoms with Crippen LogP contribution in [0.3, 0.4) is 0 Å². The number of carbonyl (C=O) groups excluding carboxylic acids is 1. The third kappa shape index (κ3) is 7.23. The molecule has 0 bridgehead atoms. The zero-order chi connectivity index (χ0) is 23.6. The van der Waals surface area contributed by atoms with Crippen LogP contribution in [-0.2, 0) is 22.7 Å². The molecule has 8 nitrogen and oxygen atoms in total. The van der Waals surface area contributed by atoms with Crippen molar-refractivity contribution in [1.29, 1.82) is 0 Å². The highest BCUT2D eigenvalue weighted by molar-refractivity contribution is 7.99. The first-order chi connectivity index (χ1) is 16.0. The predicted octanol–water partition coefficient (Wildman–Crippen LogP) is 3.46. The second kappa shape index (κ2) is 12.3. The van der Waals surface area contributed by atoms with Gasteiger partial charge in [-0.3, -0.25) is 4.79 Å². The van der Waals surface area contributed by atoms with E-state index in [1.807, 2.05) is 54.6 Å². The fourth-order valence-electron chi connectivity index (χ4n) is 3.12. The lowest BCUT2D eigenvalue weighted by molar-refractivity contribution is -0.129. The second-order valence-corrected chi connectivity index (χ2v) is 8.81. The van der Waals surface area contributed by atoms with E-state index in [1.165, 1.54) is 22.0 Å². The minimum atomic E-state index is -0.0213. The van der Waals surface area contributed by atoms with Crippen LogP contribution < -0.4 is 10.6 Å². The first-order valence-electron chi connectivity index (χ1n) is 10.8. The van der Waals surface area contributed by atoms with Crippen molar-refractivity contribution in [2.75, 3.05) is 31.9 Å². The second-order valence-electron chi connectivity index (χ2n) is 7.86. The van der Waals surface area contributed by atoms with E-state index < -0.39 is 0 Å². The van der Waals surface area contributed by atoms with Crippen LogP contribution >= 0.6 is 11.8 Å². The van der Waals surface area contributed by atoms with Crippen molar-refractivity contribution in [3.8, 4) is 5.75 Å². The molecule has 0 fully saturated rings. The SMILES string of the molecule is COCCN(Cc1ccccc1)C(=O)CSc1nnc(COc2ccc(C(C)C)cc2)n1N. The molecule has 1 aromatic heterocycles. The van der Waals surface area contributed by atoms with Crippen molar-refractivity contribution in [3.63, 3.8) is 0 Å². The Morgan fingerprint density at radius 2 is 1.85 bits per heavy atom. The Morgan fingerprint density at radius 3 is 2.52 bits per heavy atom. The number of hydrogen-bond acceptors (Lipinski definition) is 7. The summed E-state index contributed by atoms with van der Waals surface area (Å²) in [5, 5.41) is 8.69. The molecular formula is C24H31N5O3S. The molecular weight excluding hydrogens is 438 g/mol. The van der Waals surface area contributed by atoms with Crippen LogP contribution in [0, 0.1) is 0 Å². The van der Waals surface area contributed by atoms with E-state index in [-0.39, 0.29) is 18.3 Å². The number of carbonyl (C=O) groups is 1. The smallest absolute Gasteiger partial charge is 0.233 e. The number of nitrogens with two attached hydrogens (primary N) is 1. The van der Waals surface area contributed by atoms with Gasteiger partial charge in [0.1, 0.15) is 12.4 Å². The molecule has 176 valence electrons. The van der Waals surface area contributed by atoms with Crippen LogP contribution in [-0.4, -0.2) is 51.7 Å². The van der Waals surface area contributed by atoms with Crippen molar-refractivity contribution in [2.45, 2.75) is 38.1 Å². The summed E-state index contributed by atoms with van der Waals surface area (Å²) >= 11 is 1.25. The number of aromatic nitrogens is 3. The van der Waals surface area contributed by atoms with Crippen molar-refractivity contribution in [3.05, 3.63) is 71.5 Å². The highest BCUT2D eigenvalue weighted by Gasteiger charge is 2.17. The van der Waals surface area contributed by atoms with Gasteiger partial charge in [-0.15, -0.1) is 10.2 Å². The summed E-state index contributed by atoms with van der Waals surface area (Å²) in [6, 6.07) is 17.8. The Labute approximate surface area is 199 Å². The number of nitrogens with zero attached hydrogens (tertiary/aromatic N) is 4. The lowest BCUT2D eigenvalue weighted by atomic mass is 10.0. The molecule has 0 saturated carbocycles. The molecule has 1 amide bonds.